The lowest BCUT2D eigenvalue weighted by atomic mass is 10.1. The summed E-state index contributed by atoms with van der Waals surface area (Å²) in [6, 6.07) is 4.32. The van der Waals surface area contributed by atoms with Crippen LogP contribution in [0.15, 0.2) is 36.5 Å². The second-order valence-corrected chi connectivity index (χ2v) is 6.49. The fraction of sp³-hybridized carbons (Fsp3) is 0.278. The van der Waals surface area contributed by atoms with Gasteiger partial charge in [0.2, 0.25) is 5.91 Å². The van der Waals surface area contributed by atoms with Crippen LogP contribution in [0, 0.1) is 10.1 Å². The van der Waals surface area contributed by atoms with Gasteiger partial charge < -0.3 is 10.6 Å². The van der Waals surface area contributed by atoms with E-state index in [4.69, 9.17) is 11.6 Å². The largest absolute Gasteiger partial charge is 0.417 e. The van der Waals surface area contributed by atoms with E-state index in [1.54, 1.807) is 6.92 Å². The minimum Gasteiger partial charge on any atom is -0.355 e. The van der Waals surface area contributed by atoms with Crippen LogP contribution in [0.3, 0.4) is 0 Å². The van der Waals surface area contributed by atoms with E-state index >= 15 is 0 Å². The number of aromatic nitrogens is 1. The van der Waals surface area contributed by atoms with Crippen LogP contribution in [0.2, 0.25) is 5.02 Å². The van der Waals surface area contributed by atoms with E-state index < -0.39 is 34.5 Å². The molecule has 1 aromatic carbocycles. The molecule has 0 saturated heterocycles. The number of nitro groups is 1. The molecule has 2 aromatic rings. The fourth-order valence-electron chi connectivity index (χ4n) is 2.47. The molecule has 0 radical (unpaired) electrons. The zero-order chi connectivity index (χ0) is 22.5. The molecule has 1 atom stereocenters. The first kappa shape index (κ1) is 23.1. The van der Waals surface area contributed by atoms with Gasteiger partial charge in [0.15, 0.2) is 0 Å². The van der Waals surface area contributed by atoms with Crippen molar-refractivity contribution in [2.45, 2.75) is 25.6 Å². The number of alkyl halides is 3. The van der Waals surface area contributed by atoms with Crippen molar-refractivity contribution in [3.63, 3.8) is 0 Å². The van der Waals surface area contributed by atoms with Crippen molar-refractivity contribution in [3.8, 4) is 0 Å². The third-order valence-electron chi connectivity index (χ3n) is 3.93. The van der Waals surface area contributed by atoms with Crippen LogP contribution in [0.4, 0.5) is 18.9 Å². The zero-order valence-corrected chi connectivity index (χ0v) is 16.3. The van der Waals surface area contributed by atoms with Gasteiger partial charge in [-0.1, -0.05) is 17.7 Å². The van der Waals surface area contributed by atoms with Crippen molar-refractivity contribution in [3.05, 3.63) is 68.5 Å². The van der Waals surface area contributed by atoms with E-state index in [1.807, 2.05) is 0 Å². The summed E-state index contributed by atoms with van der Waals surface area (Å²) >= 11 is 5.89. The highest BCUT2D eigenvalue weighted by molar-refractivity contribution is 6.31. The molecule has 0 fully saturated rings. The molecule has 0 saturated carbocycles. The van der Waals surface area contributed by atoms with Gasteiger partial charge in [-0.05, 0) is 19.1 Å². The Hall–Kier alpha value is -3.21. The summed E-state index contributed by atoms with van der Waals surface area (Å²) in [5, 5.41) is 15.5. The number of nitro benzene ring substituents is 1. The smallest absolute Gasteiger partial charge is 0.355 e. The molecule has 160 valence electrons. The van der Waals surface area contributed by atoms with Gasteiger partial charge in [0.1, 0.15) is 6.04 Å². The molecule has 1 unspecified atom stereocenters. The Morgan fingerprint density at radius 3 is 2.57 bits per heavy atom. The first-order valence-electron chi connectivity index (χ1n) is 8.57. The molecule has 12 heteroatoms. The van der Waals surface area contributed by atoms with Gasteiger partial charge in [0.25, 0.3) is 11.6 Å². The quantitative estimate of drug-likeness (QED) is 0.503. The van der Waals surface area contributed by atoms with Crippen LogP contribution in [0.1, 0.15) is 28.5 Å². The van der Waals surface area contributed by atoms with E-state index in [2.05, 4.69) is 15.6 Å². The molecular formula is C18H16ClF3N4O4. The number of rotatable bonds is 7. The average molecular weight is 445 g/mol. The highest BCUT2D eigenvalue weighted by Crippen LogP contribution is 2.31. The number of nitrogens with zero attached hydrogens (tertiary/aromatic N) is 2. The lowest BCUT2D eigenvalue weighted by Crippen LogP contribution is -2.48. The summed E-state index contributed by atoms with van der Waals surface area (Å²) in [4.78, 5) is 38.7. The number of likely N-dealkylation sites (N-methyl/N-ethyl adjacent to an activating group) is 1. The summed E-state index contributed by atoms with van der Waals surface area (Å²) in [5.74, 6) is -1.40. The van der Waals surface area contributed by atoms with Gasteiger partial charge in [-0.2, -0.15) is 13.2 Å². The van der Waals surface area contributed by atoms with E-state index in [-0.39, 0.29) is 34.9 Å². The maximum Gasteiger partial charge on any atom is 0.417 e. The predicted molar refractivity (Wildman–Crippen MR) is 101 cm³/mol. The minimum absolute atomic E-state index is 0.0275. The number of hydrogen-bond donors (Lipinski definition) is 2. The van der Waals surface area contributed by atoms with Crippen molar-refractivity contribution in [1.29, 1.82) is 0 Å². The standard InChI is InChI=1S/C18H16ClF3N4O4/c1-2-23-17(28)15(8-14-13(19)7-11(9-24-14)18(20,21)22)25-16(27)10-4-3-5-12(6-10)26(29)30/h3-7,9,15H,2,8H2,1H3,(H,23,28)(H,25,27). The number of benzene rings is 1. The molecule has 1 aromatic heterocycles. The van der Waals surface area contributed by atoms with Gasteiger partial charge in [-0.15, -0.1) is 0 Å². The van der Waals surface area contributed by atoms with Crippen molar-refractivity contribution < 1.29 is 27.7 Å². The van der Waals surface area contributed by atoms with Crippen molar-refractivity contribution >= 4 is 29.1 Å². The maximum absolute atomic E-state index is 12.8. The van der Waals surface area contributed by atoms with Gasteiger partial charge in [-0.25, -0.2) is 0 Å². The molecule has 30 heavy (non-hydrogen) atoms. The summed E-state index contributed by atoms with van der Waals surface area (Å²) in [6.07, 6.45) is -4.34. The summed E-state index contributed by atoms with van der Waals surface area (Å²) in [5.41, 5.74) is -1.46. The molecule has 0 spiro atoms. The average Bonchev–Trinajstić information content (AvgIpc) is 2.68. The van der Waals surface area contributed by atoms with Crippen LogP contribution in [0.5, 0.6) is 0 Å². The van der Waals surface area contributed by atoms with Gasteiger partial charge in [0, 0.05) is 36.9 Å². The SMILES string of the molecule is CCNC(=O)C(Cc1ncc(C(F)(F)F)cc1Cl)NC(=O)c1cccc([N+](=O)[O-])c1. The first-order valence-corrected chi connectivity index (χ1v) is 8.95. The minimum atomic E-state index is -4.63. The van der Waals surface area contributed by atoms with E-state index in [0.29, 0.717) is 12.3 Å². The van der Waals surface area contributed by atoms with Crippen LogP contribution < -0.4 is 10.6 Å². The van der Waals surface area contributed by atoms with Crippen LogP contribution >= 0.6 is 11.6 Å². The molecule has 2 rings (SSSR count). The Bertz CT molecular complexity index is 969. The highest BCUT2D eigenvalue weighted by atomic mass is 35.5. The number of hydrogen-bond acceptors (Lipinski definition) is 5. The van der Waals surface area contributed by atoms with Crippen LogP contribution in [-0.4, -0.2) is 34.3 Å². The third kappa shape index (κ3) is 5.89. The van der Waals surface area contributed by atoms with Gasteiger partial charge >= 0.3 is 6.18 Å². The number of pyridine rings is 1. The van der Waals surface area contributed by atoms with Gasteiger partial charge in [-0.3, -0.25) is 24.7 Å². The van der Waals surface area contributed by atoms with E-state index in [9.17, 15) is 32.9 Å². The molecule has 0 aliphatic heterocycles. The number of non-ortho nitro benzene ring substituents is 1. The normalized spacial score (nSPS) is 12.2. The van der Waals surface area contributed by atoms with Crippen LogP contribution in [0.25, 0.3) is 0 Å². The Labute approximate surface area is 173 Å². The summed E-state index contributed by atoms with van der Waals surface area (Å²) in [6.45, 7) is 1.87. The molecule has 8 nitrogen and oxygen atoms in total. The molecule has 2 amide bonds. The Morgan fingerprint density at radius 2 is 2.00 bits per heavy atom. The Morgan fingerprint density at radius 1 is 1.30 bits per heavy atom. The zero-order valence-electron chi connectivity index (χ0n) is 15.5. The van der Waals surface area contributed by atoms with Crippen molar-refractivity contribution in [1.82, 2.24) is 15.6 Å². The van der Waals surface area contributed by atoms with Gasteiger partial charge in [0.05, 0.1) is 21.2 Å². The highest BCUT2D eigenvalue weighted by Gasteiger charge is 2.32. The molecule has 1 heterocycles. The number of nitrogens with one attached hydrogen (secondary N) is 2. The molecule has 0 aliphatic carbocycles. The molecule has 0 bridgehead atoms. The topological polar surface area (TPSA) is 114 Å². The number of carbonyl (C=O) groups excluding carboxylic acids is 2. The summed E-state index contributed by atoms with van der Waals surface area (Å²) in [7, 11) is 0. The predicted octanol–water partition coefficient (Wildman–Crippen LogP) is 3.14. The molecular weight excluding hydrogens is 429 g/mol. The molecule has 2 N–H and O–H groups in total. The van der Waals surface area contributed by atoms with Crippen LogP contribution in [-0.2, 0) is 17.4 Å². The second kappa shape index (κ2) is 9.53. The number of halogens is 4. The Kier molecular flexibility index (Phi) is 7.33. The number of amides is 2. The lowest BCUT2D eigenvalue weighted by Gasteiger charge is -2.19. The third-order valence-corrected chi connectivity index (χ3v) is 4.26. The van der Waals surface area contributed by atoms with E-state index in [1.165, 1.54) is 18.2 Å². The van der Waals surface area contributed by atoms with Crippen molar-refractivity contribution in [2.75, 3.05) is 6.54 Å². The lowest BCUT2D eigenvalue weighted by molar-refractivity contribution is -0.384. The number of carbonyl (C=O) groups is 2. The first-order chi connectivity index (χ1) is 14.0. The maximum atomic E-state index is 12.8. The van der Waals surface area contributed by atoms with E-state index in [0.717, 1.165) is 6.07 Å². The molecule has 0 aliphatic rings. The monoisotopic (exact) mass is 444 g/mol. The fourth-order valence-corrected chi connectivity index (χ4v) is 2.72. The second-order valence-electron chi connectivity index (χ2n) is 6.08. The summed E-state index contributed by atoms with van der Waals surface area (Å²) < 4.78 is 38.3. The Balaban J connectivity index is 2.27. The van der Waals surface area contributed by atoms with Crippen molar-refractivity contribution in [2.24, 2.45) is 0 Å².